The largest absolute Gasteiger partial charge is 0.496 e. The van der Waals surface area contributed by atoms with Crippen LogP contribution in [-0.2, 0) is 25.7 Å². The predicted octanol–water partition coefficient (Wildman–Crippen LogP) is 2.11. The number of nitrogens with one attached hydrogen (secondary N) is 1. The molecule has 1 aromatic heterocycles. The summed E-state index contributed by atoms with van der Waals surface area (Å²) in [6, 6.07) is 10.0. The summed E-state index contributed by atoms with van der Waals surface area (Å²) < 4.78 is 15.8. The van der Waals surface area contributed by atoms with Gasteiger partial charge in [-0.2, -0.15) is 0 Å². The summed E-state index contributed by atoms with van der Waals surface area (Å²) in [4.78, 5) is 38.1. The van der Waals surface area contributed by atoms with Crippen LogP contribution in [0.1, 0.15) is 23.6 Å². The Morgan fingerprint density at radius 1 is 1.24 bits per heavy atom. The normalized spacial score (nSPS) is 18.3. The number of carbonyl (C=O) groups is 3. The molecule has 2 aromatic rings. The van der Waals surface area contributed by atoms with E-state index in [2.05, 4.69) is 5.32 Å². The fourth-order valence-electron chi connectivity index (χ4n) is 3.05. The van der Waals surface area contributed by atoms with E-state index in [1.807, 2.05) is 18.2 Å². The molecule has 1 aliphatic heterocycles. The Labute approximate surface area is 172 Å². The van der Waals surface area contributed by atoms with Gasteiger partial charge in [-0.05, 0) is 18.2 Å². The number of carbonyl (C=O) groups excluding carboxylic acids is 3. The van der Waals surface area contributed by atoms with Crippen molar-refractivity contribution < 1.29 is 28.3 Å². The SMILES string of the molecule is COc1ccccc1CNC(=O)COC(=O)[C@H]1CS[C@H](c2ccco2)N1C(C)=O. The zero-order valence-corrected chi connectivity index (χ0v) is 16.9. The molecule has 3 rings (SSSR count). The highest BCUT2D eigenvalue weighted by molar-refractivity contribution is 7.99. The zero-order valence-electron chi connectivity index (χ0n) is 16.1. The van der Waals surface area contributed by atoms with Gasteiger partial charge in [0.15, 0.2) is 6.61 Å². The Balaban J connectivity index is 1.53. The molecule has 1 N–H and O–H groups in total. The third kappa shape index (κ3) is 4.92. The van der Waals surface area contributed by atoms with E-state index in [4.69, 9.17) is 13.9 Å². The van der Waals surface area contributed by atoms with Crippen molar-refractivity contribution in [2.24, 2.45) is 0 Å². The molecule has 154 valence electrons. The van der Waals surface area contributed by atoms with Crippen molar-refractivity contribution in [2.45, 2.75) is 24.9 Å². The predicted molar refractivity (Wildman–Crippen MR) is 106 cm³/mol. The van der Waals surface area contributed by atoms with Crippen LogP contribution in [0.25, 0.3) is 0 Å². The summed E-state index contributed by atoms with van der Waals surface area (Å²) in [6.07, 6.45) is 1.52. The summed E-state index contributed by atoms with van der Waals surface area (Å²) in [5, 5.41) is 2.30. The van der Waals surface area contributed by atoms with Crippen LogP contribution in [0.15, 0.2) is 47.1 Å². The minimum absolute atomic E-state index is 0.250. The molecular formula is C20H22N2O6S. The number of amides is 2. The van der Waals surface area contributed by atoms with Crippen molar-refractivity contribution in [2.75, 3.05) is 19.5 Å². The van der Waals surface area contributed by atoms with E-state index >= 15 is 0 Å². The van der Waals surface area contributed by atoms with Crippen LogP contribution in [0.5, 0.6) is 5.75 Å². The highest BCUT2D eigenvalue weighted by Gasteiger charge is 2.43. The number of hydrogen-bond acceptors (Lipinski definition) is 7. The van der Waals surface area contributed by atoms with E-state index in [9.17, 15) is 14.4 Å². The molecule has 1 fully saturated rings. The summed E-state index contributed by atoms with van der Waals surface area (Å²) >= 11 is 1.41. The monoisotopic (exact) mass is 418 g/mol. The van der Waals surface area contributed by atoms with Gasteiger partial charge in [-0.15, -0.1) is 11.8 Å². The van der Waals surface area contributed by atoms with E-state index < -0.39 is 24.5 Å². The standard InChI is InChI=1S/C20H22N2O6S/c1-13(23)22-15(12-29-19(22)17-8-5-9-27-17)20(25)28-11-18(24)21-10-14-6-3-4-7-16(14)26-2/h3-9,15,19H,10-12H2,1-2H3,(H,21,24)/t15-,19-/m1/s1. The molecule has 0 spiro atoms. The maximum Gasteiger partial charge on any atom is 0.330 e. The minimum Gasteiger partial charge on any atom is -0.496 e. The van der Waals surface area contributed by atoms with Crippen LogP contribution < -0.4 is 10.1 Å². The average Bonchev–Trinajstić information content (AvgIpc) is 3.40. The molecule has 2 amide bonds. The van der Waals surface area contributed by atoms with Gasteiger partial charge in [0.2, 0.25) is 5.91 Å². The lowest BCUT2D eigenvalue weighted by Crippen LogP contribution is -2.43. The lowest BCUT2D eigenvalue weighted by atomic mass is 10.2. The molecule has 0 bridgehead atoms. The molecule has 8 nitrogen and oxygen atoms in total. The number of para-hydroxylation sites is 1. The first-order valence-corrected chi connectivity index (χ1v) is 10.0. The Morgan fingerprint density at radius 2 is 2.03 bits per heavy atom. The van der Waals surface area contributed by atoms with Gasteiger partial charge in [-0.1, -0.05) is 18.2 Å². The molecule has 1 aromatic carbocycles. The van der Waals surface area contributed by atoms with E-state index in [1.165, 1.54) is 29.8 Å². The molecule has 2 atom stereocenters. The second kappa shape index (κ2) is 9.51. The number of esters is 1. The van der Waals surface area contributed by atoms with Crippen molar-refractivity contribution in [1.82, 2.24) is 10.2 Å². The Bertz CT molecular complexity index is 870. The maximum atomic E-state index is 12.5. The van der Waals surface area contributed by atoms with E-state index in [1.54, 1.807) is 25.3 Å². The Hall–Kier alpha value is -2.94. The molecule has 0 saturated carbocycles. The van der Waals surface area contributed by atoms with Crippen LogP contribution in [0.4, 0.5) is 0 Å². The first kappa shape index (κ1) is 20.8. The van der Waals surface area contributed by atoms with Crippen LogP contribution in [-0.4, -0.2) is 48.2 Å². The quantitative estimate of drug-likeness (QED) is 0.688. The van der Waals surface area contributed by atoms with Gasteiger partial charge in [0.25, 0.3) is 5.91 Å². The Kier molecular flexibility index (Phi) is 6.82. The lowest BCUT2D eigenvalue weighted by molar-refractivity contribution is -0.156. The number of hydrogen-bond donors (Lipinski definition) is 1. The summed E-state index contributed by atoms with van der Waals surface area (Å²) in [6.45, 7) is 1.22. The number of nitrogens with zero attached hydrogens (tertiary/aromatic N) is 1. The van der Waals surface area contributed by atoms with Gasteiger partial charge in [0.05, 0.1) is 13.4 Å². The number of methoxy groups -OCH3 is 1. The number of benzene rings is 1. The Morgan fingerprint density at radius 3 is 2.72 bits per heavy atom. The fraction of sp³-hybridized carbons (Fsp3) is 0.350. The summed E-state index contributed by atoms with van der Waals surface area (Å²) in [5.74, 6) is 0.302. The molecule has 29 heavy (non-hydrogen) atoms. The second-order valence-electron chi connectivity index (χ2n) is 6.34. The van der Waals surface area contributed by atoms with Crippen molar-refractivity contribution in [3.05, 3.63) is 54.0 Å². The zero-order chi connectivity index (χ0) is 20.8. The van der Waals surface area contributed by atoms with Gasteiger partial charge in [0.1, 0.15) is 22.9 Å². The summed E-state index contributed by atoms with van der Waals surface area (Å²) in [5.41, 5.74) is 0.811. The molecule has 2 heterocycles. The second-order valence-corrected chi connectivity index (χ2v) is 7.45. The number of thioether (sulfide) groups is 1. The van der Waals surface area contributed by atoms with E-state index in [-0.39, 0.29) is 17.8 Å². The minimum atomic E-state index is -0.769. The molecular weight excluding hydrogens is 396 g/mol. The molecule has 1 aliphatic rings. The third-order valence-corrected chi connectivity index (χ3v) is 5.72. The lowest BCUT2D eigenvalue weighted by Gasteiger charge is -2.25. The van der Waals surface area contributed by atoms with Crippen LogP contribution in [0.2, 0.25) is 0 Å². The average molecular weight is 418 g/mol. The van der Waals surface area contributed by atoms with Crippen molar-refractivity contribution in [3.8, 4) is 5.75 Å². The van der Waals surface area contributed by atoms with Gasteiger partial charge in [-0.25, -0.2) is 4.79 Å². The number of furan rings is 1. The highest BCUT2D eigenvalue weighted by atomic mass is 32.2. The van der Waals surface area contributed by atoms with E-state index in [0.717, 1.165) is 5.56 Å². The fourth-order valence-corrected chi connectivity index (χ4v) is 4.47. The van der Waals surface area contributed by atoms with Crippen molar-refractivity contribution >= 4 is 29.5 Å². The third-order valence-electron chi connectivity index (χ3n) is 4.44. The first-order chi connectivity index (χ1) is 14.0. The summed E-state index contributed by atoms with van der Waals surface area (Å²) in [7, 11) is 1.55. The molecule has 0 unspecified atom stereocenters. The maximum absolute atomic E-state index is 12.5. The van der Waals surface area contributed by atoms with Crippen molar-refractivity contribution in [1.29, 1.82) is 0 Å². The smallest absolute Gasteiger partial charge is 0.330 e. The first-order valence-electron chi connectivity index (χ1n) is 9.00. The van der Waals surface area contributed by atoms with Gasteiger partial charge >= 0.3 is 5.97 Å². The highest BCUT2D eigenvalue weighted by Crippen LogP contribution is 2.41. The van der Waals surface area contributed by atoms with Crippen molar-refractivity contribution in [3.63, 3.8) is 0 Å². The topological polar surface area (TPSA) is 98.1 Å². The molecule has 1 saturated heterocycles. The number of ether oxygens (including phenoxy) is 2. The van der Waals surface area contributed by atoms with Gasteiger partial charge in [0, 0.05) is 24.8 Å². The van der Waals surface area contributed by atoms with Gasteiger partial charge in [-0.3, -0.25) is 9.59 Å². The van der Waals surface area contributed by atoms with E-state index in [0.29, 0.717) is 17.3 Å². The van der Waals surface area contributed by atoms with Crippen LogP contribution in [0.3, 0.4) is 0 Å². The molecule has 0 aliphatic carbocycles. The van der Waals surface area contributed by atoms with Crippen LogP contribution in [0, 0.1) is 0 Å². The molecule has 9 heteroatoms. The molecule has 0 radical (unpaired) electrons. The van der Waals surface area contributed by atoms with Crippen LogP contribution >= 0.6 is 11.8 Å². The van der Waals surface area contributed by atoms with Gasteiger partial charge < -0.3 is 24.1 Å². The number of rotatable bonds is 7.